The quantitative estimate of drug-likeness (QED) is 0.478. The highest BCUT2D eigenvalue weighted by molar-refractivity contribution is 9.10. The number of oxazole rings is 1. The normalized spacial score (nSPS) is 10.9. The first-order chi connectivity index (χ1) is 12.1. The van der Waals surface area contributed by atoms with Crippen LogP contribution in [0.15, 0.2) is 62.8 Å². The fourth-order valence-electron chi connectivity index (χ4n) is 2.37. The van der Waals surface area contributed by atoms with Crippen molar-refractivity contribution in [3.8, 4) is 17.2 Å². The maximum atomic E-state index is 12.1. The summed E-state index contributed by atoms with van der Waals surface area (Å²) in [5.74, 6) is 0.441. The molecule has 124 valence electrons. The number of hydrogen-bond acceptors (Lipinski definition) is 5. The molecule has 0 atom stereocenters. The average Bonchev–Trinajstić information content (AvgIpc) is 3.26. The molecule has 4 aromatic rings. The summed E-state index contributed by atoms with van der Waals surface area (Å²) in [5.41, 5.74) is 2.65. The van der Waals surface area contributed by atoms with E-state index in [2.05, 4.69) is 26.2 Å². The monoisotopic (exact) mass is 414 g/mol. The number of carbonyl (C=O) groups excluding carboxylic acids is 1. The first-order valence-electron chi connectivity index (χ1n) is 7.34. The summed E-state index contributed by atoms with van der Waals surface area (Å²) in [4.78, 5) is 17.2. The predicted octanol–water partition coefficient (Wildman–Crippen LogP) is 5.28. The van der Waals surface area contributed by atoms with Crippen molar-refractivity contribution in [2.45, 2.75) is 0 Å². The number of fused-ring (bicyclic) bond motifs is 1. The summed E-state index contributed by atoms with van der Waals surface area (Å²) in [6.07, 6.45) is 0. The highest BCUT2D eigenvalue weighted by atomic mass is 79.9. The lowest BCUT2D eigenvalue weighted by Crippen LogP contribution is -2.09. The highest BCUT2D eigenvalue weighted by Gasteiger charge is 2.12. The van der Waals surface area contributed by atoms with Crippen LogP contribution in [0.1, 0.15) is 9.67 Å². The Balaban J connectivity index is 1.65. The van der Waals surface area contributed by atoms with E-state index >= 15 is 0 Å². The van der Waals surface area contributed by atoms with Crippen LogP contribution >= 0.6 is 27.3 Å². The largest absolute Gasteiger partial charge is 0.507 e. The Labute approximate surface area is 155 Å². The fourth-order valence-corrected chi connectivity index (χ4v) is 3.37. The predicted molar refractivity (Wildman–Crippen MR) is 101 cm³/mol. The molecule has 2 aromatic heterocycles. The third-order valence-electron chi connectivity index (χ3n) is 3.59. The van der Waals surface area contributed by atoms with Gasteiger partial charge in [0, 0.05) is 11.3 Å². The van der Waals surface area contributed by atoms with Gasteiger partial charge in [0.25, 0.3) is 5.91 Å². The van der Waals surface area contributed by atoms with Gasteiger partial charge in [-0.15, -0.1) is 11.3 Å². The molecule has 0 saturated carbocycles. The number of rotatable bonds is 3. The van der Waals surface area contributed by atoms with Gasteiger partial charge in [0.1, 0.15) is 11.3 Å². The number of aromatic hydroxyl groups is 1. The molecule has 0 saturated heterocycles. The molecule has 0 radical (unpaired) electrons. The molecule has 0 aliphatic carbocycles. The van der Waals surface area contributed by atoms with E-state index in [1.54, 1.807) is 42.5 Å². The first-order valence-corrected chi connectivity index (χ1v) is 9.02. The zero-order valence-corrected chi connectivity index (χ0v) is 15.1. The number of carbonyl (C=O) groups is 1. The van der Waals surface area contributed by atoms with Gasteiger partial charge in [-0.05, 0) is 63.8 Å². The van der Waals surface area contributed by atoms with Crippen molar-refractivity contribution >= 4 is 50.0 Å². The number of benzene rings is 2. The smallest absolute Gasteiger partial charge is 0.265 e. The molecule has 0 spiro atoms. The zero-order valence-electron chi connectivity index (χ0n) is 12.7. The lowest BCUT2D eigenvalue weighted by Gasteiger charge is -2.02. The SMILES string of the molecule is O=C(Nc1ccc2oc(-c3ccc(O)c(Br)c3)nc2c1)c1cccs1. The van der Waals surface area contributed by atoms with Gasteiger partial charge in [-0.2, -0.15) is 0 Å². The second kappa shape index (κ2) is 6.34. The number of phenolic OH excluding ortho intramolecular Hbond substituents is 1. The number of phenols is 1. The van der Waals surface area contributed by atoms with E-state index in [1.165, 1.54) is 11.3 Å². The summed E-state index contributed by atoms with van der Waals surface area (Å²) in [7, 11) is 0. The first kappa shape index (κ1) is 15.9. The van der Waals surface area contributed by atoms with Crippen LogP contribution in [-0.2, 0) is 0 Å². The minimum Gasteiger partial charge on any atom is -0.507 e. The van der Waals surface area contributed by atoms with E-state index in [0.717, 1.165) is 5.56 Å². The third-order valence-corrected chi connectivity index (χ3v) is 5.09. The van der Waals surface area contributed by atoms with Gasteiger partial charge < -0.3 is 14.8 Å². The molecule has 1 amide bonds. The third kappa shape index (κ3) is 3.16. The van der Waals surface area contributed by atoms with Crippen LogP contribution in [0, 0.1) is 0 Å². The molecule has 4 rings (SSSR count). The van der Waals surface area contributed by atoms with Crippen LogP contribution in [-0.4, -0.2) is 16.0 Å². The molecule has 0 fully saturated rings. The molecule has 2 N–H and O–H groups in total. The fraction of sp³-hybridized carbons (Fsp3) is 0. The number of anilines is 1. The Hall–Kier alpha value is -2.64. The molecule has 0 unspecified atom stereocenters. The van der Waals surface area contributed by atoms with Crippen molar-refractivity contribution in [2.24, 2.45) is 0 Å². The molecule has 2 aromatic carbocycles. The highest BCUT2D eigenvalue weighted by Crippen LogP contribution is 2.31. The van der Waals surface area contributed by atoms with Crippen LogP contribution in [0.4, 0.5) is 5.69 Å². The van der Waals surface area contributed by atoms with E-state index in [0.29, 0.717) is 32.0 Å². The van der Waals surface area contributed by atoms with Crippen molar-refractivity contribution in [2.75, 3.05) is 5.32 Å². The maximum absolute atomic E-state index is 12.1. The zero-order chi connectivity index (χ0) is 17.4. The van der Waals surface area contributed by atoms with Crippen molar-refractivity contribution in [3.63, 3.8) is 0 Å². The van der Waals surface area contributed by atoms with Crippen LogP contribution < -0.4 is 5.32 Å². The average molecular weight is 415 g/mol. The molecule has 0 aliphatic heterocycles. The molecular weight excluding hydrogens is 404 g/mol. The van der Waals surface area contributed by atoms with Gasteiger partial charge in [0.2, 0.25) is 5.89 Å². The standard InChI is InChI=1S/C18H11BrN2O3S/c19-12-8-10(3-5-14(12)22)18-21-13-9-11(4-6-15(13)24-18)20-17(23)16-2-1-7-25-16/h1-9,22H,(H,20,23). The van der Waals surface area contributed by atoms with Crippen molar-refractivity contribution < 1.29 is 14.3 Å². The van der Waals surface area contributed by atoms with Gasteiger partial charge in [-0.3, -0.25) is 4.79 Å². The van der Waals surface area contributed by atoms with Crippen molar-refractivity contribution in [1.29, 1.82) is 0 Å². The Morgan fingerprint density at radius 3 is 2.84 bits per heavy atom. The van der Waals surface area contributed by atoms with Crippen LogP contribution in [0.5, 0.6) is 5.75 Å². The van der Waals surface area contributed by atoms with Gasteiger partial charge in [-0.1, -0.05) is 6.07 Å². The summed E-state index contributed by atoms with van der Waals surface area (Å²) < 4.78 is 6.32. The molecule has 2 heterocycles. The summed E-state index contributed by atoms with van der Waals surface area (Å²) in [5, 5.41) is 14.3. The number of thiophene rings is 1. The number of halogens is 1. The molecule has 7 heteroatoms. The lowest BCUT2D eigenvalue weighted by atomic mass is 10.2. The van der Waals surface area contributed by atoms with E-state index in [-0.39, 0.29) is 11.7 Å². The van der Waals surface area contributed by atoms with Crippen molar-refractivity contribution in [1.82, 2.24) is 4.98 Å². The van der Waals surface area contributed by atoms with Gasteiger partial charge in [0.05, 0.1) is 9.35 Å². The Morgan fingerprint density at radius 1 is 1.20 bits per heavy atom. The van der Waals surface area contributed by atoms with Gasteiger partial charge in [0.15, 0.2) is 5.58 Å². The number of nitrogens with zero attached hydrogens (tertiary/aromatic N) is 1. The number of nitrogens with one attached hydrogen (secondary N) is 1. The Morgan fingerprint density at radius 2 is 2.08 bits per heavy atom. The van der Waals surface area contributed by atoms with Crippen LogP contribution in [0.25, 0.3) is 22.6 Å². The van der Waals surface area contributed by atoms with E-state index < -0.39 is 0 Å². The number of aromatic nitrogens is 1. The summed E-state index contributed by atoms with van der Waals surface area (Å²) >= 11 is 4.67. The van der Waals surface area contributed by atoms with Gasteiger partial charge in [-0.25, -0.2) is 4.98 Å². The maximum Gasteiger partial charge on any atom is 0.265 e. The Bertz CT molecular complexity index is 1070. The minimum absolute atomic E-state index is 0.151. The lowest BCUT2D eigenvalue weighted by molar-refractivity contribution is 0.103. The number of amides is 1. The molecule has 5 nitrogen and oxygen atoms in total. The summed E-state index contributed by atoms with van der Waals surface area (Å²) in [6, 6.07) is 14.0. The molecule has 0 aliphatic rings. The van der Waals surface area contributed by atoms with Crippen LogP contribution in [0.2, 0.25) is 0 Å². The summed E-state index contributed by atoms with van der Waals surface area (Å²) in [6.45, 7) is 0. The Kier molecular flexibility index (Phi) is 4.03. The second-order valence-corrected chi connectivity index (χ2v) is 7.10. The van der Waals surface area contributed by atoms with Crippen LogP contribution in [0.3, 0.4) is 0 Å². The molecular formula is C18H11BrN2O3S. The van der Waals surface area contributed by atoms with E-state index in [1.807, 2.05) is 11.4 Å². The number of hydrogen-bond donors (Lipinski definition) is 2. The second-order valence-electron chi connectivity index (χ2n) is 5.30. The molecule has 25 heavy (non-hydrogen) atoms. The van der Waals surface area contributed by atoms with Gasteiger partial charge >= 0.3 is 0 Å². The minimum atomic E-state index is -0.152. The van der Waals surface area contributed by atoms with Crippen molar-refractivity contribution in [3.05, 3.63) is 63.3 Å². The molecule has 0 bridgehead atoms. The van der Waals surface area contributed by atoms with E-state index in [9.17, 15) is 9.90 Å². The topological polar surface area (TPSA) is 75.4 Å². The van der Waals surface area contributed by atoms with E-state index in [4.69, 9.17) is 4.42 Å².